The maximum absolute atomic E-state index is 12.4. The number of amides is 1. The third-order valence-corrected chi connectivity index (χ3v) is 5.36. The van der Waals surface area contributed by atoms with E-state index in [9.17, 15) is 13.2 Å². The number of benzene rings is 2. The SMILES string of the molecule is CCC(NC(=O)c1ccc(S(=O)(=O)NC)cc1)c1ccc(Cl)cc1. The van der Waals surface area contributed by atoms with Crippen molar-refractivity contribution < 1.29 is 13.2 Å². The molecule has 0 spiro atoms. The zero-order chi connectivity index (χ0) is 17.7. The molecule has 1 unspecified atom stereocenters. The van der Waals surface area contributed by atoms with E-state index in [4.69, 9.17) is 11.6 Å². The predicted octanol–water partition coefficient (Wildman–Crippen LogP) is 3.13. The van der Waals surface area contributed by atoms with Crippen LogP contribution < -0.4 is 10.0 Å². The first kappa shape index (κ1) is 18.4. The fourth-order valence-corrected chi connectivity index (χ4v) is 3.12. The fraction of sp³-hybridized carbons (Fsp3) is 0.235. The Morgan fingerprint density at radius 2 is 1.67 bits per heavy atom. The van der Waals surface area contributed by atoms with Gasteiger partial charge >= 0.3 is 0 Å². The summed E-state index contributed by atoms with van der Waals surface area (Å²) in [7, 11) is -2.17. The molecule has 1 amide bonds. The molecule has 24 heavy (non-hydrogen) atoms. The molecule has 2 aromatic rings. The van der Waals surface area contributed by atoms with E-state index in [0.29, 0.717) is 10.6 Å². The van der Waals surface area contributed by atoms with Gasteiger partial charge in [0, 0.05) is 10.6 Å². The van der Waals surface area contributed by atoms with Crippen LogP contribution in [0.25, 0.3) is 0 Å². The van der Waals surface area contributed by atoms with Crippen molar-refractivity contribution in [2.24, 2.45) is 0 Å². The summed E-state index contributed by atoms with van der Waals surface area (Å²) in [6.07, 6.45) is 0.722. The van der Waals surface area contributed by atoms with Gasteiger partial charge in [-0.2, -0.15) is 0 Å². The lowest BCUT2D eigenvalue weighted by Crippen LogP contribution is -2.28. The number of nitrogens with one attached hydrogen (secondary N) is 2. The highest BCUT2D eigenvalue weighted by atomic mass is 35.5. The third-order valence-electron chi connectivity index (χ3n) is 3.68. The maximum atomic E-state index is 12.4. The molecule has 2 rings (SSSR count). The number of carbonyl (C=O) groups is 1. The molecule has 0 saturated heterocycles. The third kappa shape index (κ3) is 4.35. The van der Waals surface area contributed by atoms with Gasteiger partial charge in [0.1, 0.15) is 0 Å². The van der Waals surface area contributed by atoms with Gasteiger partial charge in [-0.1, -0.05) is 30.7 Å². The molecule has 0 aliphatic carbocycles. The number of carbonyl (C=O) groups excluding carboxylic acids is 1. The second kappa shape index (κ2) is 7.79. The molecular weight excluding hydrogens is 348 g/mol. The topological polar surface area (TPSA) is 75.3 Å². The molecular formula is C17H19ClN2O3S. The van der Waals surface area contributed by atoms with Crippen molar-refractivity contribution in [3.8, 4) is 0 Å². The minimum absolute atomic E-state index is 0.117. The highest BCUT2D eigenvalue weighted by Crippen LogP contribution is 2.20. The van der Waals surface area contributed by atoms with Crippen molar-refractivity contribution in [3.05, 3.63) is 64.7 Å². The zero-order valence-corrected chi connectivity index (χ0v) is 15.0. The molecule has 2 aromatic carbocycles. The summed E-state index contributed by atoms with van der Waals surface area (Å²) in [5, 5.41) is 3.58. The average Bonchev–Trinajstić information content (AvgIpc) is 2.60. The molecule has 1 atom stereocenters. The fourth-order valence-electron chi connectivity index (χ4n) is 2.26. The smallest absolute Gasteiger partial charge is 0.251 e. The first-order valence-electron chi connectivity index (χ1n) is 7.47. The van der Waals surface area contributed by atoms with Gasteiger partial charge in [-0.25, -0.2) is 13.1 Å². The predicted molar refractivity (Wildman–Crippen MR) is 94.6 cm³/mol. The molecule has 0 radical (unpaired) electrons. The van der Waals surface area contributed by atoms with Crippen LogP contribution >= 0.6 is 11.6 Å². The van der Waals surface area contributed by atoms with Gasteiger partial charge in [0.05, 0.1) is 10.9 Å². The Morgan fingerprint density at radius 1 is 1.08 bits per heavy atom. The van der Waals surface area contributed by atoms with Crippen LogP contribution in [0.4, 0.5) is 0 Å². The molecule has 0 heterocycles. The van der Waals surface area contributed by atoms with E-state index in [-0.39, 0.29) is 16.8 Å². The van der Waals surface area contributed by atoms with Crippen molar-refractivity contribution in [2.75, 3.05) is 7.05 Å². The minimum Gasteiger partial charge on any atom is -0.345 e. The van der Waals surface area contributed by atoms with E-state index in [1.54, 1.807) is 12.1 Å². The van der Waals surface area contributed by atoms with Crippen LogP contribution in [0, 0.1) is 0 Å². The molecule has 0 aliphatic heterocycles. The van der Waals surface area contributed by atoms with E-state index in [2.05, 4.69) is 10.0 Å². The summed E-state index contributed by atoms with van der Waals surface area (Å²) >= 11 is 5.88. The van der Waals surface area contributed by atoms with E-state index in [0.717, 1.165) is 12.0 Å². The summed E-state index contributed by atoms with van der Waals surface area (Å²) < 4.78 is 25.6. The first-order valence-corrected chi connectivity index (χ1v) is 9.33. The van der Waals surface area contributed by atoms with Crippen LogP contribution in [0.3, 0.4) is 0 Å². The van der Waals surface area contributed by atoms with E-state index in [1.165, 1.54) is 31.3 Å². The summed E-state index contributed by atoms with van der Waals surface area (Å²) in [5.74, 6) is -0.259. The zero-order valence-electron chi connectivity index (χ0n) is 13.4. The summed E-state index contributed by atoms with van der Waals surface area (Å²) in [6, 6.07) is 13.0. The van der Waals surface area contributed by atoms with Crippen LogP contribution in [0.5, 0.6) is 0 Å². The molecule has 7 heteroatoms. The van der Waals surface area contributed by atoms with Crippen LogP contribution in [0.1, 0.15) is 35.3 Å². The molecule has 128 valence electrons. The number of sulfonamides is 1. The molecule has 0 aromatic heterocycles. The van der Waals surface area contributed by atoms with Gasteiger partial charge in [-0.05, 0) is 55.4 Å². The quantitative estimate of drug-likeness (QED) is 0.824. The number of hydrogen-bond donors (Lipinski definition) is 2. The Bertz CT molecular complexity index is 803. The molecule has 5 nitrogen and oxygen atoms in total. The van der Waals surface area contributed by atoms with E-state index in [1.807, 2.05) is 19.1 Å². The Morgan fingerprint density at radius 3 is 2.17 bits per heavy atom. The summed E-state index contributed by atoms with van der Waals surface area (Å²) in [4.78, 5) is 12.5. The average molecular weight is 367 g/mol. The van der Waals surface area contributed by atoms with Gasteiger partial charge in [-0.15, -0.1) is 0 Å². The molecule has 0 saturated carbocycles. The van der Waals surface area contributed by atoms with Gasteiger partial charge in [0.2, 0.25) is 10.0 Å². The Balaban J connectivity index is 2.15. The monoisotopic (exact) mass is 366 g/mol. The van der Waals surface area contributed by atoms with Gasteiger partial charge < -0.3 is 5.32 Å². The van der Waals surface area contributed by atoms with E-state index >= 15 is 0 Å². The van der Waals surface area contributed by atoms with Gasteiger partial charge in [0.25, 0.3) is 5.91 Å². The minimum atomic E-state index is -3.51. The van der Waals surface area contributed by atoms with Crippen molar-refractivity contribution in [2.45, 2.75) is 24.3 Å². The highest BCUT2D eigenvalue weighted by Gasteiger charge is 2.16. The van der Waals surface area contributed by atoms with E-state index < -0.39 is 10.0 Å². The van der Waals surface area contributed by atoms with Crippen LogP contribution in [-0.2, 0) is 10.0 Å². The van der Waals surface area contributed by atoms with Crippen LogP contribution in [0.15, 0.2) is 53.4 Å². The normalized spacial score (nSPS) is 12.6. The molecule has 0 fully saturated rings. The lowest BCUT2D eigenvalue weighted by Gasteiger charge is -2.17. The van der Waals surface area contributed by atoms with Crippen LogP contribution in [-0.4, -0.2) is 21.4 Å². The standard InChI is InChI=1S/C17H19ClN2O3S/c1-3-16(12-4-8-14(18)9-5-12)20-17(21)13-6-10-15(11-7-13)24(22,23)19-2/h4-11,16,19H,3H2,1-2H3,(H,20,21). The Labute approximate surface area is 147 Å². The van der Waals surface area contributed by atoms with Crippen molar-refractivity contribution >= 4 is 27.5 Å². The first-order chi connectivity index (χ1) is 11.4. The molecule has 0 aliphatic rings. The molecule has 0 bridgehead atoms. The largest absolute Gasteiger partial charge is 0.345 e. The number of hydrogen-bond acceptors (Lipinski definition) is 3. The van der Waals surface area contributed by atoms with Gasteiger partial charge in [-0.3, -0.25) is 4.79 Å². The lowest BCUT2D eigenvalue weighted by atomic mass is 10.0. The number of halogens is 1. The summed E-state index contributed by atoms with van der Waals surface area (Å²) in [6.45, 7) is 1.97. The molecule has 2 N–H and O–H groups in total. The maximum Gasteiger partial charge on any atom is 0.251 e. The lowest BCUT2D eigenvalue weighted by molar-refractivity contribution is 0.0935. The van der Waals surface area contributed by atoms with Crippen molar-refractivity contribution in [3.63, 3.8) is 0 Å². The van der Waals surface area contributed by atoms with Crippen molar-refractivity contribution in [1.29, 1.82) is 0 Å². The highest BCUT2D eigenvalue weighted by molar-refractivity contribution is 7.89. The Kier molecular flexibility index (Phi) is 5.99. The summed E-state index contributed by atoms with van der Waals surface area (Å²) in [5.41, 5.74) is 1.36. The second-order valence-corrected chi connectivity index (χ2v) is 7.54. The Hall–Kier alpha value is -1.89. The second-order valence-electron chi connectivity index (χ2n) is 5.22. The number of rotatable bonds is 6. The van der Waals surface area contributed by atoms with Gasteiger partial charge in [0.15, 0.2) is 0 Å². The van der Waals surface area contributed by atoms with Crippen LogP contribution in [0.2, 0.25) is 5.02 Å². The van der Waals surface area contributed by atoms with Crippen molar-refractivity contribution in [1.82, 2.24) is 10.0 Å².